The van der Waals surface area contributed by atoms with Crippen molar-refractivity contribution in [3.05, 3.63) is 55.1 Å². The van der Waals surface area contributed by atoms with Crippen molar-refractivity contribution in [3.8, 4) is 0 Å². The van der Waals surface area contributed by atoms with Crippen LogP contribution in [-0.4, -0.2) is 4.98 Å². The van der Waals surface area contributed by atoms with Crippen molar-refractivity contribution in [1.29, 1.82) is 0 Å². The first kappa shape index (κ1) is 7.99. The fourth-order valence-corrected chi connectivity index (χ4v) is 1.30. The van der Waals surface area contributed by atoms with Gasteiger partial charge in [0.25, 0.3) is 0 Å². The van der Waals surface area contributed by atoms with Gasteiger partial charge in [-0.1, -0.05) is 30.3 Å². The van der Waals surface area contributed by atoms with Crippen LogP contribution in [0, 0.1) is 6.92 Å². The molecule has 2 rings (SSSR count). The van der Waals surface area contributed by atoms with Crippen molar-refractivity contribution in [1.82, 2.24) is 4.98 Å². The highest BCUT2D eigenvalue weighted by Gasteiger charge is 1.92. The van der Waals surface area contributed by atoms with E-state index in [4.69, 9.17) is 0 Å². The maximum Gasteiger partial charge on any atom is 0.0709 e. The summed E-state index contributed by atoms with van der Waals surface area (Å²) in [6.07, 6.45) is 3.64. The Morgan fingerprint density at radius 1 is 1.08 bits per heavy atom. The number of fused-ring (bicyclic) bond motifs is 1. The summed E-state index contributed by atoms with van der Waals surface area (Å²) in [4.78, 5) is 4.44. The molecule has 0 aliphatic carbocycles. The number of allylic oxidation sites excluding steroid dienone is 1. The minimum atomic E-state index is 0.953. The van der Waals surface area contributed by atoms with Crippen molar-refractivity contribution in [3.63, 3.8) is 0 Å². The van der Waals surface area contributed by atoms with Gasteiger partial charge in [0.2, 0.25) is 0 Å². The quantitative estimate of drug-likeness (QED) is 0.637. The zero-order chi connectivity index (χ0) is 9.10. The smallest absolute Gasteiger partial charge is 0.0709 e. The van der Waals surface area contributed by atoms with E-state index in [2.05, 4.69) is 24.0 Å². The molecule has 0 unspecified atom stereocenters. The van der Waals surface area contributed by atoms with Crippen LogP contribution >= 0.6 is 0 Å². The van der Waals surface area contributed by atoms with Crippen LogP contribution in [0.3, 0.4) is 0 Å². The van der Waals surface area contributed by atoms with Crippen LogP contribution in [0.2, 0.25) is 0 Å². The largest absolute Gasteiger partial charge is 0.248 e. The molecular weight excluding hydrogens is 158 g/mol. The molecule has 0 N–H and O–H groups in total. The van der Waals surface area contributed by atoms with Gasteiger partial charge in [-0.25, -0.2) is 4.98 Å². The topological polar surface area (TPSA) is 12.9 Å². The van der Waals surface area contributed by atoms with E-state index in [1.54, 1.807) is 6.08 Å². The highest BCUT2D eigenvalue weighted by atomic mass is 14.7. The van der Waals surface area contributed by atoms with E-state index < -0.39 is 0 Å². The molecule has 0 saturated carbocycles. The highest BCUT2D eigenvalue weighted by molar-refractivity contribution is 5.79. The molecule has 1 aromatic heterocycles. The number of aromatic nitrogens is 1. The predicted molar refractivity (Wildman–Crippen MR) is 56.1 cm³/mol. The van der Waals surface area contributed by atoms with Crippen LogP contribution < -0.4 is 0 Å². The predicted octanol–water partition coefficient (Wildman–Crippen LogP) is 3.08. The minimum absolute atomic E-state index is 0.953. The number of nitrogens with zero attached hydrogens (tertiary/aromatic N) is 1. The Kier molecular flexibility index (Phi) is 2.09. The van der Waals surface area contributed by atoms with Crippen LogP contribution in [-0.2, 0) is 0 Å². The van der Waals surface area contributed by atoms with Gasteiger partial charge in [-0.05, 0) is 25.1 Å². The number of hydrogen-bond donors (Lipinski definition) is 0. The molecule has 0 aliphatic heterocycles. The molecule has 0 spiro atoms. The lowest BCUT2D eigenvalue weighted by Crippen LogP contribution is -1.81. The van der Waals surface area contributed by atoms with Crippen LogP contribution in [0.5, 0.6) is 0 Å². The molecule has 0 saturated heterocycles. The molecule has 0 atom stereocenters. The summed E-state index contributed by atoms with van der Waals surface area (Å²) >= 11 is 0. The summed E-state index contributed by atoms with van der Waals surface area (Å²) in [5.41, 5.74) is 1.98. The third-order valence-corrected chi connectivity index (χ3v) is 1.91. The van der Waals surface area contributed by atoms with Gasteiger partial charge in [-0.15, -0.1) is 0 Å². The van der Waals surface area contributed by atoms with Gasteiger partial charge >= 0.3 is 0 Å². The second-order valence-corrected chi connectivity index (χ2v) is 2.83. The standard InChI is InChI=1S/C12H10N/c1-2-5-11-9-8-10-6-3-4-7-12(10)13-11/h2-9H,1H2. The Balaban J connectivity index is 2.62. The second-order valence-electron chi connectivity index (χ2n) is 2.83. The minimum Gasteiger partial charge on any atom is -0.248 e. The molecule has 0 amide bonds. The summed E-state index contributed by atoms with van der Waals surface area (Å²) in [5.74, 6) is 0. The maximum absolute atomic E-state index is 4.44. The van der Waals surface area contributed by atoms with Crippen molar-refractivity contribution in [2.24, 2.45) is 0 Å². The fourth-order valence-electron chi connectivity index (χ4n) is 1.30. The average Bonchev–Trinajstić information content (AvgIpc) is 2.18. The van der Waals surface area contributed by atoms with Gasteiger partial charge in [0.1, 0.15) is 0 Å². The zero-order valence-electron chi connectivity index (χ0n) is 7.27. The molecule has 1 aromatic carbocycles. The Morgan fingerprint density at radius 3 is 2.77 bits per heavy atom. The Morgan fingerprint density at radius 2 is 1.92 bits per heavy atom. The molecule has 0 fully saturated rings. The molecule has 1 nitrogen and oxygen atoms in total. The molecule has 0 bridgehead atoms. The van der Waals surface area contributed by atoms with Crippen LogP contribution in [0.25, 0.3) is 17.0 Å². The monoisotopic (exact) mass is 168 g/mol. The van der Waals surface area contributed by atoms with E-state index in [-0.39, 0.29) is 0 Å². The second kappa shape index (κ2) is 3.40. The number of pyridine rings is 1. The van der Waals surface area contributed by atoms with Gasteiger partial charge in [-0.2, -0.15) is 0 Å². The molecule has 1 heteroatoms. The molecule has 13 heavy (non-hydrogen) atoms. The van der Waals surface area contributed by atoms with E-state index in [0.29, 0.717) is 0 Å². The number of hydrogen-bond acceptors (Lipinski definition) is 1. The summed E-state index contributed by atoms with van der Waals surface area (Å²) in [6.45, 7) is 3.64. The summed E-state index contributed by atoms with van der Waals surface area (Å²) < 4.78 is 0. The molecule has 1 heterocycles. The molecule has 63 valence electrons. The average molecular weight is 168 g/mol. The van der Waals surface area contributed by atoms with E-state index in [1.165, 1.54) is 5.39 Å². The van der Waals surface area contributed by atoms with E-state index in [0.717, 1.165) is 11.2 Å². The number of para-hydroxylation sites is 1. The normalized spacial score (nSPS) is 11.2. The van der Waals surface area contributed by atoms with Crippen molar-refractivity contribution < 1.29 is 0 Å². The first-order valence-electron chi connectivity index (χ1n) is 4.22. The van der Waals surface area contributed by atoms with Crippen LogP contribution in [0.1, 0.15) is 5.69 Å². The van der Waals surface area contributed by atoms with E-state index in [9.17, 15) is 0 Å². The Labute approximate surface area is 77.7 Å². The maximum atomic E-state index is 4.44. The van der Waals surface area contributed by atoms with Gasteiger partial charge in [0.05, 0.1) is 11.2 Å². The Hall–Kier alpha value is -1.63. The van der Waals surface area contributed by atoms with Crippen molar-refractivity contribution in [2.75, 3.05) is 0 Å². The summed E-state index contributed by atoms with van der Waals surface area (Å²) in [7, 11) is 0. The first-order valence-corrected chi connectivity index (χ1v) is 4.22. The first-order chi connectivity index (χ1) is 6.40. The number of benzene rings is 1. The van der Waals surface area contributed by atoms with Gasteiger partial charge < -0.3 is 0 Å². The van der Waals surface area contributed by atoms with E-state index in [1.807, 2.05) is 30.3 Å². The molecular formula is C12H10N. The fraction of sp³-hybridized carbons (Fsp3) is 0. The lowest BCUT2D eigenvalue weighted by atomic mass is 10.2. The van der Waals surface area contributed by atoms with Crippen LogP contribution in [0.15, 0.2) is 42.5 Å². The SMILES string of the molecule is [CH2]C=Cc1ccc2ccccc2n1. The van der Waals surface area contributed by atoms with E-state index >= 15 is 0 Å². The molecule has 0 aliphatic rings. The zero-order valence-corrected chi connectivity index (χ0v) is 7.27. The summed E-state index contributed by atoms with van der Waals surface area (Å²) in [5, 5.41) is 1.17. The Bertz CT molecular complexity index is 444. The van der Waals surface area contributed by atoms with Gasteiger partial charge in [0, 0.05) is 5.39 Å². The third-order valence-electron chi connectivity index (χ3n) is 1.91. The lowest BCUT2D eigenvalue weighted by molar-refractivity contribution is 1.37. The third kappa shape index (κ3) is 1.59. The summed E-state index contributed by atoms with van der Waals surface area (Å²) in [6, 6.07) is 12.1. The lowest BCUT2D eigenvalue weighted by Gasteiger charge is -1.97. The molecule has 2 aromatic rings. The molecule has 1 radical (unpaired) electrons. The van der Waals surface area contributed by atoms with Crippen molar-refractivity contribution >= 4 is 17.0 Å². The van der Waals surface area contributed by atoms with Crippen molar-refractivity contribution in [2.45, 2.75) is 0 Å². The highest BCUT2D eigenvalue weighted by Crippen LogP contribution is 2.12. The van der Waals surface area contributed by atoms with Crippen LogP contribution in [0.4, 0.5) is 0 Å². The number of rotatable bonds is 1. The van der Waals surface area contributed by atoms with Gasteiger partial charge in [-0.3, -0.25) is 0 Å². The van der Waals surface area contributed by atoms with Gasteiger partial charge in [0.15, 0.2) is 0 Å².